The Morgan fingerprint density at radius 1 is 1.69 bits per heavy atom. The Morgan fingerprint density at radius 3 is 3.06 bits per heavy atom. The van der Waals surface area contributed by atoms with Gasteiger partial charge in [-0.05, 0) is 19.8 Å². The fourth-order valence-corrected chi connectivity index (χ4v) is 1.21. The van der Waals surface area contributed by atoms with Gasteiger partial charge in [-0.15, -0.1) is 11.6 Å². The number of amides is 1. The Balaban J connectivity index is 2.42. The first-order valence-electron chi connectivity index (χ1n) is 5.17. The van der Waals surface area contributed by atoms with Gasteiger partial charge in [0.2, 0.25) is 5.91 Å². The van der Waals surface area contributed by atoms with Crippen LogP contribution in [0.25, 0.3) is 0 Å². The van der Waals surface area contributed by atoms with Crippen molar-refractivity contribution in [3.63, 3.8) is 0 Å². The van der Waals surface area contributed by atoms with E-state index in [0.29, 0.717) is 18.7 Å². The second-order valence-corrected chi connectivity index (χ2v) is 4.15. The van der Waals surface area contributed by atoms with Crippen molar-refractivity contribution in [1.82, 2.24) is 9.78 Å². The van der Waals surface area contributed by atoms with Crippen LogP contribution in [-0.4, -0.2) is 27.7 Å². The van der Waals surface area contributed by atoms with Crippen molar-refractivity contribution in [2.45, 2.75) is 31.7 Å². The van der Waals surface area contributed by atoms with Crippen molar-refractivity contribution in [1.29, 1.82) is 0 Å². The molecule has 0 radical (unpaired) electrons. The highest BCUT2D eigenvalue weighted by Crippen LogP contribution is 2.08. The predicted octanol–water partition coefficient (Wildman–Crippen LogP) is 2.20. The molecule has 0 aliphatic heterocycles. The maximum Gasteiger partial charge on any atom is 0.242 e. The first kappa shape index (κ1) is 13.0. The molecule has 4 nitrogen and oxygen atoms in total. The molecule has 0 aliphatic carbocycles. The summed E-state index contributed by atoms with van der Waals surface area (Å²) in [6.07, 6.45) is 4.51. The van der Waals surface area contributed by atoms with Crippen LogP contribution in [0.5, 0.6) is 0 Å². The molecule has 0 saturated carbocycles. The van der Waals surface area contributed by atoms with Gasteiger partial charge in [0, 0.05) is 12.7 Å². The van der Waals surface area contributed by atoms with E-state index in [1.165, 1.54) is 0 Å². The molecule has 0 spiro atoms. The van der Waals surface area contributed by atoms with Gasteiger partial charge in [0.15, 0.2) is 0 Å². The van der Waals surface area contributed by atoms with Crippen LogP contribution in [0.15, 0.2) is 12.4 Å². The monoisotopic (exact) mass is 247 g/mol. The Morgan fingerprint density at radius 2 is 2.44 bits per heavy atom. The molecule has 1 rings (SSSR count). The first-order chi connectivity index (χ1) is 7.63. The molecule has 1 N–H and O–H groups in total. The van der Waals surface area contributed by atoms with Gasteiger partial charge in [0.05, 0.1) is 18.6 Å². The van der Waals surface area contributed by atoms with Crippen molar-refractivity contribution in [3.05, 3.63) is 12.4 Å². The van der Waals surface area contributed by atoms with Crippen LogP contribution >= 0.6 is 11.6 Å². The van der Waals surface area contributed by atoms with Gasteiger partial charge in [0.25, 0.3) is 0 Å². The summed E-state index contributed by atoms with van der Waals surface area (Å²) in [5.74, 6) is -0.259. The summed E-state index contributed by atoms with van der Waals surface area (Å²) in [7, 11) is 0. The molecule has 0 aromatic carbocycles. The first-order valence-corrected chi connectivity index (χ1v) is 5.60. The number of carbonyl (C=O) groups excluding carboxylic acids is 1. The number of anilines is 1. The Hall–Kier alpha value is -1.10. The van der Waals surface area contributed by atoms with Crippen molar-refractivity contribution in [3.8, 4) is 0 Å². The number of hydrogen-bond donors (Lipinski definition) is 1. The molecule has 1 amide bonds. The number of aromatic nitrogens is 2. The zero-order chi connectivity index (χ0) is 12.0. The lowest BCUT2D eigenvalue weighted by atomic mass is 10.3. The van der Waals surface area contributed by atoms with E-state index in [9.17, 15) is 9.18 Å². The SMILES string of the molecule is C[C@@H](Cl)C(=O)Nc1cnn(CCCCF)c1. The summed E-state index contributed by atoms with van der Waals surface area (Å²) >= 11 is 5.61. The molecular weight excluding hydrogens is 233 g/mol. The van der Waals surface area contributed by atoms with Crippen LogP contribution in [0.2, 0.25) is 0 Å². The van der Waals surface area contributed by atoms with E-state index >= 15 is 0 Å². The minimum absolute atomic E-state index is 0.259. The third-order valence-electron chi connectivity index (χ3n) is 2.03. The zero-order valence-electron chi connectivity index (χ0n) is 9.12. The molecule has 0 saturated heterocycles. The van der Waals surface area contributed by atoms with Gasteiger partial charge < -0.3 is 5.32 Å². The fourth-order valence-electron chi connectivity index (χ4n) is 1.16. The number of aryl methyl sites for hydroxylation is 1. The average Bonchev–Trinajstić information content (AvgIpc) is 2.66. The Labute approximate surface area is 98.8 Å². The molecule has 0 unspecified atom stereocenters. The van der Waals surface area contributed by atoms with Gasteiger partial charge in [-0.2, -0.15) is 5.10 Å². The highest BCUT2D eigenvalue weighted by molar-refractivity contribution is 6.32. The lowest BCUT2D eigenvalue weighted by Crippen LogP contribution is -2.19. The van der Waals surface area contributed by atoms with Crippen LogP contribution in [0.3, 0.4) is 0 Å². The maximum atomic E-state index is 11.9. The number of nitrogens with one attached hydrogen (secondary N) is 1. The van der Waals surface area contributed by atoms with E-state index in [0.717, 1.165) is 6.42 Å². The minimum atomic E-state index is -0.574. The summed E-state index contributed by atoms with van der Waals surface area (Å²) < 4.78 is 13.5. The van der Waals surface area contributed by atoms with Crippen LogP contribution < -0.4 is 5.32 Å². The molecule has 0 aliphatic rings. The van der Waals surface area contributed by atoms with Gasteiger partial charge in [-0.3, -0.25) is 13.9 Å². The molecule has 1 heterocycles. The maximum absolute atomic E-state index is 11.9. The van der Waals surface area contributed by atoms with Crippen molar-refractivity contribution in [2.24, 2.45) is 0 Å². The number of unbranched alkanes of at least 4 members (excludes halogenated alkanes) is 1. The van der Waals surface area contributed by atoms with Crippen LogP contribution in [0.1, 0.15) is 19.8 Å². The molecule has 16 heavy (non-hydrogen) atoms. The molecule has 6 heteroatoms. The van der Waals surface area contributed by atoms with Gasteiger partial charge in [-0.1, -0.05) is 0 Å². The molecule has 90 valence electrons. The molecular formula is C10H15ClFN3O. The number of hydrogen-bond acceptors (Lipinski definition) is 2. The number of rotatable bonds is 6. The minimum Gasteiger partial charge on any atom is -0.322 e. The number of alkyl halides is 2. The van der Waals surface area contributed by atoms with Crippen LogP contribution in [0.4, 0.5) is 10.1 Å². The zero-order valence-corrected chi connectivity index (χ0v) is 9.88. The fraction of sp³-hybridized carbons (Fsp3) is 0.600. The highest BCUT2D eigenvalue weighted by atomic mass is 35.5. The Bertz CT molecular complexity index is 341. The topological polar surface area (TPSA) is 46.9 Å². The third-order valence-corrected chi connectivity index (χ3v) is 2.23. The van der Waals surface area contributed by atoms with Gasteiger partial charge in [-0.25, -0.2) is 0 Å². The van der Waals surface area contributed by atoms with Crippen LogP contribution in [0, 0.1) is 0 Å². The van der Waals surface area contributed by atoms with E-state index < -0.39 is 5.38 Å². The molecule has 1 atom stereocenters. The van der Waals surface area contributed by atoms with Crippen molar-refractivity contribution < 1.29 is 9.18 Å². The molecule has 1 aromatic rings. The second kappa shape index (κ2) is 6.48. The number of nitrogens with zero attached hydrogens (tertiary/aromatic N) is 2. The molecule has 0 fully saturated rings. The lowest BCUT2D eigenvalue weighted by Gasteiger charge is -2.02. The third kappa shape index (κ3) is 4.18. The Kier molecular flexibility index (Phi) is 5.25. The van der Waals surface area contributed by atoms with Crippen molar-refractivity contribution in [2.75, 3.05) is 12.0 Å². The summed E-state index contributed by atoms with van der Waals surface area (Å²) in [5, 5.41) is 6.09. The molecule has 1 aromatic heterocycles. The summed E-state index contributed by atoms with van der Waals surface area (Å²) in [6, 6.07) is 0. The summed E-state index contributed by atoms with van der Waals surface area (Å²) in [5.41, 5.74) is 0.609. The lowest BCUT2D eigenvalue weighted by molar-refractivity contribution is -0.115. The summed E-state index contributed by atoms with van der Waals surface area (Å²) in [6.45, 7) is 1.94. The normalized spacial score (nSPS) is 12.4. The highest BCUT2D eigenvalue weighted by Gasteiger charge is 2.09. The van der Waals surface area contributed by atoms with E-state index in [4.69, 9.17) is 11.6 Å². The van der Waals surface area contributed by atoms with E-state index in [1.54, 1.807) is 24.0 Å². The van der Waals surface area contributed by atoms with E-state index in [2.05, 4.69) is 10.4 Å². The van der Waals surface area contributed by atoms with Gasteiger partial charge >= 0.3 is 0 Å². The quantitative estimate of drug-likeness (QED) is 0.619. The number of halogens is 2. The second-order valence-electron chi connectivity index (χ2n) is 3.49. The predicted molar refractivity (Wildman–Crippen MR) is 61.4 cm³/mol. The van der Waals surface area contributed by atoms with E-state index in [-0.39, 0.29) is 12.6 Å². The number of carbonyl (C=O) groups is 1. The van der Waals surface area contributed by atoms with Crippen molar-refractivity contribution >= 4 is 23.2 Å². The largest absolute Gasteiger partial charge is 0.322 e. The van der Waals surface area contributed by atoms with Gasteiger partial charge in [0.1, 0.15) is 5.38 Å². The molecule has 0 bridgehead atoms. The smallest absolute Gasteiger partial charge is 0.242 e. The van der Waals surface area contributed by atoms with E-state index in [1.807, 2.05) is 0 Å². The standard InChI is InChI=1S/C10H15ClFN3O/c1-8(11)10(16)14-9-6-13-15(7-9)5-3-2-4-12/h6-8H,2-5H2,1H3,(H,14,16)/t8-/m1/s1. The van der Waals surface area contributed by atoms with Crippen LogP contribution in [-0.2, 0) is 11.3 Å². The summed E-state index contributed by atoms with van der Waals surface area (Å²) in [4.78, 5) is 11.3. The average molecular weight is 248 g/mol.